The molecule has 2 amide bonds. The van der Waals surface area contributed by atoms with E-state index in [4.69, 9.17) is 11.6 Å². The van der Waals surface area contributed by atoms with Crippen molar-refractivity contribution < 1.29 is 9.59 Å². The highest BCUT2D eigenvalue weighted by Gasteiger charge is 2.26. The van der Waals surface area contributed by atoms with Crippen LogP contribution in [0.1, 0.15) is 25.8 Å². The minimum absolute atomic E-state index is 0. The normalized spacial score (nSPS) is 14.5. The van der Waals surface area contributed by atoms with E-state index in [-0.39, 0.29) is 48.9 Å². The van der Waals surface area contributed by atoms with Crippen molar-refractivity contribution in [3.05, 3.63) is 34.9 Å². The minimum atomic E-state index is -0.111. The Morgan fingerprint density at radius 3 is 2.50 bits per heavy atom. The highest BCUT2D eigenvalue weighted by Crippen LogP contribution is 2.13. The van der Waals surface area contributed by atoms with E-state index in [1.54, 1.807) is 0 Å². The fourth-order valence-corrected chi connectivity index (χ4v) is 2.89. The number of rotatable bonds is 7. The largest absolute Gasteiger partial charge is 0.356 e. The number of carbonyl (C=O) groups excluding carboxylic acids is 2. The summed E-state index contributed by atoms with van der Waals surface area (Å²) in [6.07, 6.45) is 0.888. The first-order valence-corrected chi connectivity index (χ1v) is 9.73. The maximum absolute atomic E-state index is 12.6. The molecule has 1 aliphatic heterocycles. The highest BCUT2D eigenvalue weighted by atomic mass is 127. The lowest BCUT2D eigenvalue weighted by molar-refractivity contribution is -0.135. The summed E-state index contributed by atoms with van der Waals surface area (Å²) >= 11 is 5.91. The molecule has 1 aromatic rings. The maximum atomic E-state index is 12.6. The van der Waals surface area contributed by atoms with E-state index in [0.717, 1.165) is 12.0 Å². The standard InChI is InChI=1S/C19H28ClN5O2.HI/c1-3-9-22-17(26)12-23-19(21-4-2)25-11-10-24(18(27)14-25)13-15-5-7-16(20)8-6-15;/h5-8H,3-4,9-14H2,1-2H3,(H,21,23)(H,22,26);1H. The van der Waals surface area contributed by atoms with E-state index in [0.29, 0.717) is 43.7 Å². The average Bonchev–Trinajstić information content (AvgIpc) is 2.66. The van der Waals surface area contributed by atoms with Crippen molar-refractivity contribution in [3.8, 4) is 0 Å². The van der Waals surface area contributed by atoms with Crippen molar-refractivity contribution in [2.45, 2.75) is 26.8 Å². The third kappa shape index (κ3) is 7.83. The highest BCUT2D eigenvalue weighted by molar-refractivity contribution is 14.0. The molecule has 7 nitrogen and oxygen atoms in total. The Bertz CT molecular complexity index is 669. The molecule has 1 aliphatic rings. The molecule has 1 aromatic carbocycles. The van der Waals surface area contributed by atoms with E-state index >= 15 is 0 Å². The second-order valence-corrected chi connectivity index (χ2v) is 6.82. The van der Waals surface area contributed by atoms with Crippen LogP contribution < -0.4 is 10.6 Å². The zero-order valence-corrected chi connectivity index (χ0v) is 19.5. The van der Waals surface area contributed by atoms with Crippen LogP contribution in [-0.2, 0) is 16.1 Å². The van der Waals surface area contributed by atoms with Crippen molar-refractivity contribution in [2.75, 3.05) is 39.3 Å². The van der Waals surface area contributed by atoms with Gasteiger partial charge in [0.1, 0.15) is 6.54 Å². The molecule has 9 heteroatoms. The molecular weight excluding hydrogens is 493 g/mol. The van der Waals surface area contributed by atoms with E-state index in [2.05, 4.69) is 15.6 Å². The topological polar surface area (TPSA) is 77.0 Å². The SMILES string of the molecule is CCCNC(=O)CN=C(NCC)N1CCN(Cc2ccc(Cl)cc2)C(=O)C1.I. The first-order valence-electron chi connectivity index (χ1n) is 9.35. The van der Waals surface area contributed by atoms with Gasteiger partial charge in [0.15, 0.2) is 5.96 Å². The molecule has 2 rings (SSSR count). The fourth-order valence-electron chi connectivity index (χ4n) is 2.76. The van der Waals surface area contributed by atoms with Gasteiger partial charge in [-0.1, -0.05) is 30.7 Å². The molecule has 0 bridgehead atoms. The van der Waals surface area contributed by atoms with E-state index < -0.39 is 0 Å². The van der Waals surface area contributed by atoms with Gasteiger partial charge in [0.2, 0.25) is 11.8 Å². The van der Waals surface area contributed by atoms with E-state index in [9.17, 15) is 9.59 Å². The number of nitrogens with zero attached hydrogens (tertiary/aromatic N) is 3. The summed E-state index contributed by atoms with van der Waals surface area (Å²) < 4.78 is 0. The smallest absolute Gasteiger partial charge is 0.242 e. The number of guanidine groups is 1. The molecule has 1 saturated heterocycles. The predicted octanol–water partition coefficient (Wildman–Crippen LogP) is 2.09. The van der Waals surface area contributed by atoms with Crippen LogP contribution in [0.4, 0.5) is 0 Å². The van der Waals surface area contributed by atoms with Gasteiger partial charge in [-0.3, -0.25) is 9.59 Å². The van der Waals surface area contributed by atoms with Crippen LogP contribution in [0.5, 0.6) is 0 Å². The van der Waals surface area contributed by atoms with E-state index in [1.807, 2.05) is 47.9 Å². The summed E-state index contributed by atoms with van der Waals surface area (Å²) in [6.45, 7) is 7.43. The van der Waals surface area contributed by atoms with Crippen LogP contribution in [0.25, 0.3) is 0 Å². The van der Waals surface area contributed by atoms with Crippen LogP contribution in [0.2, 0.25) is 5.02 Å². The zero-order valence-electron chi connectivity index (χ0n) is 16.4. The Morgan fingerprint density at radius 1 is 1.18 bits per heavy atom. The van der Waals surface area contributed by atoms with Gasteiger partial charge < -0.3 is 20.4 Å². The monoisotopic (exact) mass is 521 g/mol. The van der Waals surface area contributed by atoms with Crippen molar-refractivity contribution in [3.63, 3.8) is 0 Å². The number of piperazine rings is 1. The number of hydrogen-bond acceptors (Lipinski definition) is 3. The molecule has 2 N–H and O–H groups in total. The second kappa shape index (κ2) is 12.8. The summed E-state index contributed by atoms with van der Waals surface area (Å²) in [6, 6.07) is 7.53. The molecule has 0 spiro atoms. The van der Waals surface area contributed by atoms with E-state index in [1.165, 1.54) is 0 Å². The predicted molar refractivity (Wildman–Crippen MR) is 123 cm³/mol. The summed E-state index contributed by atoms with van der Waals surface area (Å²) in [5.74, 6) is 0.529. The summed E-state index contributed by atoms with van der Waals surface area (Å²) in [4.78, 5) is 32.5. The lowest BCUT2D eigenvalue weighted by atomic mass is 10.2. The Morgan fingerprint density at radius 2 is 1.89 bits per heavy atom. The molecule has 156 valence electrons. The molecule has 0 radical (unpaired) electrons. The average molecular weight is 522 g/mol. The summed E-state index contributed by atoms with van der Waals surface area (Å²) in [5.41, 5.74) is 1.05. The minimum Gasteiger partial charge on any atom is -0.356 e. The van der Waals surface area contributed by atoms with Gasteiger partial charge in [-0.15, -0.1) is 24.0 Å². The van der Waals surface area contributed by atoms with Gasteiger partial charge in [0, 0.05) is 37.7 Å². The molecule has 0 aromatic heterocycles. The Hall–Kier alpha value is -1.55. The van der Waals surface area contributed by atoms with Crippen molar-refractivity contribution in [1.29, 1.82) is 0 Å². The number of hydrogen-bond donors (Lipinski definition) is 2. The van der Waals surface area contributed by atoms with Crippen molar-refractivity contribution in [2.24, 2.45) is 4.99 Å². The van der Waals surface area contributed by atoms with Gasteiger partial charge in [0.25, 0.3) is 0 Å². The van der Waals surface area contributed by atoms with Crippen LogP contribution in [0.3, 0.4) is 0 Å². The number of amides is 2. The third-order valence-corrected chi connectivity index (χ3v) is 4.44. The fraction of sp³-hybridized carbons (Fsp3) is 0.526. The Kier molecular flexibility index (Phi) is 11.2. The van der Waals surface area contributed by atoms with Crippen LogP contribution >= 0.6 is 35.6 Å². The lowest BCUT2D eigenvalue weighted by Gasteiger charge is -2.36. The molecule has 0 saturated carbocycles. The number of carbonyl (C=O) groups is 2. The number of halogens is 2. The molecule has 1 heterocycles. The third-order valence-electron chi connectivity index (χ3n) is 4.18. The van der Waals surface area contributed by atoms with Gasteiger partial charge >= 0.3 is 0 Å². The van der Waals surface area contributed by atoms with Gasteiger partial charge in [-0.25, -0.2) is 4.99 Å². The quantitative estimate of drug-likeness (QED) is 0.327. The number of nitrogens with one attached hydrogen (secondary N) is 2. The van der Waals surface area contributed by atoms with Crippen molar-refractivity contribution in [1.82, 2.24) is 20.4 Å². The lowest BCUT2D eigenvalue weighted by Crippen LogP contribution is -2.55. The summed E-state index contributed by atoms with van der Waals surface area (Å²) in [5, 5.41) is 6.65. The Balaban J connectivity index is 0.00000392. The van der Waals surface area contributed by atoms with Crippen molar-refractivity contribution >= 4 is 53.4 Å². The summed E-state index contributed by atoms with van der Waals surface area (Å²) in [7, 11) is 0. The first kappa shape index (κ1) is 24.5. The van der Waals surface area contributed by atoms with Crippen LogP contribution in [0, 0.1) is 0 Å². The van der Waals surface area contributed by atoms with Gasteiger partial charge in [-0.2, -0.15) is 0 Å². The molecule has 1 fully saturated rings. The number of benzene rings is 1. The molecule has 0 atom stereocenters. The Labute approximate surface area is 188 Å². The van der Waals surface area contributed by atoms with Gasteiger partial charge in [0.05, 0.1) is 6.54 Å². The van der Waals surface area contributed by atoms with Crippen LogP contribution in [0.15, 0.2) is 29.3 Å². The first-order chi connectivity index (χ1) is 13.0. The van der Waals surface area contributed by atoms with Gasteiger partial charge in [-0.05, 0) is 31.0 Å². The molecule has 0 aliphatic carbocycles. The molecular formula is C19H29ClIN5O2. The second-order valence-electron chi connectivity index (χ2n) is 6.38. The molecule has 0 unspecified atom stereocenters. The van der Waals surface area contributed by atoms with Crippen LogP contribution in [-0.4, -0.2) is 66.8 Å². The number of aliphatic imine (C=N–C) groups is 1. The maximum Gasteiger partial charge on any atom is 0.242 e. The molecule has 28 heavy (non-hydrogen) atoms. The zero-order chi connectivity index (χ0) is 19.6.